The second kappa shape index (κ2) is 6.59. The van der Waals surface area contributed by atoms with E-state index in [4.69, 9.17) is 17.3 Å². The maximum Gasteiger partial charge on any atom is 0.224 e. The van der Waals surface area contributed by atoms with Crippen molar-refractivity contribution in [3.8, 4) is 0 Å². The summed E-state index contributed by atoms with van der Waals surface area (Å²) in [6.07, 6.45) is 3.35. The van der Waals surface area contributed by atoms with Gasteiger partial charge in [-0.3, -0.25) is 0 Å². The highest BCUT2D eigenvalue weighted by atomic mass is 35.5. The standard InChI is InChI=1S/C17H19ClN4S2/c1-9(19)7-12-13(10-4-5-10)14-15(24-12)16(22-17(18)21-14)20-8-11-3-2-6-23-11/h2-3,6,9-10H,4-5,7-8,19H2,1H3,(H,20,21,22). The Morgan fingerprint density at radius 2 is 2.25 bits per heavy atom. The summed E-state index contributed by atoms with van der Waals surface area (Å²) in [5.74, 6) is 1.45. The number of nitrogens with zero attached hydrogens (tertiary/aromatic N) is 2. The maximum atomic E-state index is 6.22. The van der Waals surface area contributed by atoms with E-state index in [1.165, 1.54) is 28.2 Å². The van der Waals surface area contributed by atoms with Gasteiger partial charge in [0, 0.05) is 15.8 Å². The van der Waals surface area contributed by atoms with E-state index in [-0.39, 0.29) is 6.04 Å². The lowest BCUT2D eigenvalue weighted by atomic mass is 10.1. The molecule has 3 N–H and O–H groups in total. The minimum atomic E-state index is 0.140. The molecule has 0 saturated heterocycles. The van der Waals surface area contributed by atoms with Gasteiger partial charge in [0.2, 0.25) is 5.28 Å². The van der Waals surface area contributed by atoms with E-state index in [9.17, 15) is 0 Å². The molecule has 3 heterocycles. The van der Waals surface area contributed by atoms with Crippen molar-refractivity contribution in [1.29, 1.82) is 0 Å². The summed E-state index contributed by atoms with van der Waals surface area (Å²) in [6.45, 7) is 2.80. The normalized spacial score (nSPS) is 15.8. The van der Waals surface area contributed by atoms with Crippen LogP contribution in [0.4, 0.5) is 5.82 Å². The molecule has 0 bridgehead atoms. The molecule has 0 radical (unpaired) electrons. The van der Waals surface area contributed by atoms with Crippen LogP contribution in [0.15, 0.2) is 17.5 Å². The number of aromatic nitrogens is 2. The highest BCUT2D eigenvalue weighted by molar-refractivity contribution is 7.19. The molecule has 4 rings (SSSR count). The van der Waals surface area contributed by atoms with Crippen LogP contribution in [0.3, 0.4) is 0 Å². The zero-order valence-electron chi connectivity index (χ0n) is 13.4. The van der Waals surface area contributed by atoms with Crippen molar-refractivity contribution in [3.63, 3.8) is 0 Å². The van der Waals surface area contributed by atoms with Gasteiger partial charge in [-0.2, -0.15) is 4.98 Å². The summed E-state index contributed by atoms with van der Waals surface area (Å²) in [7, 11) is 0. The van der Waals surface area contributed by atoms with Crippen LogP contribution in [0.2, 0.25) is 5.28 Å². The SMILES string of the molecule is CC(N)Cc1sc2c(NCc3cccs3)nc(Cl)nc2c1C1CC1. The summed E-state index contributed by atoms with van der Waals surface area (Å²) < 4.78 is 1.11. The minimum Gasteiger partial charge on any atom is -0.364 e. The number of rotatable bonds is 6. The van der Waals surface area contributed by atoms with Gasteiger partial charge in [0.05, 0.1) is 16.8 Å². The third kappa shape index (κ3) is 3.28. The van der Waals surface area contributed by atoms with E-state index in [0.717, 1.165) is 29.0 Å². The molecule has 0 amide bonds. The van der Waals surface area contributed by atoms with Crippen molar-refractivity contribution >= 4 is 50.3 Å². The summed E-state index contributed by atoms with van der Waals surface area (Å²) in [5.41, 5.74) is 8.43. The molecule has 3 aromatic heterocycles. The zero-order chi connectivity index (χ0) is 16.7. The summed E-state index contributed by atoms with van der Waals surface area (Å²) in [6, 6.07) is 4.31. The van der Waals surface area contributed by atoms with Crippen LogP contribution >= 0.6 is 34.3 Å². The van der Waals surface area contributed by atoms with Crippen molar-refractivity contribution in [1.82, 2.24) is 9.97 Å². The van der Waals surface area contributed by atoms with Crippen LogP contribution in [0.5, 0.6) is 0 Å². The number of thiophene rings is 2. The number of anilines is 1. The molecule has 1 aliphatic carbocycles. The van der Waals surface area contributed by atoms with Crippen LogP contribution < -0.4 is 11.1 Å². The Kier molecular flexibility index (Phi) is 4.47. The third-order valence-corrected chi connectivity index (χ3v) is 6.39. The highest BCUT2D eigenvalue weighted by Gasteiger charge is 2.31. The molecule has 1 aliphatic rings. The number of hydrogen-bond donors (Lipinski definition) is 2. The van der Waals surface area contributed by atoms with Crippen molar-refractivity contribution in [2.24, 2.45) is 5.73 Å². The van der Waals surface area contributed by atoms with Crippen LogP contribution in [-0.4, -0.2) is 16.0 Å². The molecule has 4 nitrogen and oxygen atoms in total. The van der Waals surface area contributed by atoms with Gasteiger partial charge in [-0.1, -0.05) is 6.07 Å². The van der Waals surface area contributed by atoms with Crippen molar-refractivity contribution in [2.75, 3.05) is 5.32 Å². The van der Waals surface area contributed by atoms with E-state index in [1.54, 1.807) is 22.7 Å². The molecule has 0 aliphatic heterocycles. The lowest BCUT2D eigenvalue weighted by Crippen LogP contribution is -2.17. The van der Waals surface area contributed by atoms with Gasteiger partial charge >= 0.3 is 0 Å². The Balaban J connectivity index is 1.76. The molecule has 0 aromatic carbocycles. The number of halogens is 1. The van der Waals surface area contributed by atoms with Gasteiger partial charge in [0.1, 0.15) is 5.82 Å². The lowest BCUT2D eigenvalue weighted by molar-refractivity contribution is 0.741. The fraction of sp³-hybridized carbons (Fsp3) is 0.412. The quantitative estimate of drug-likeness (QED) is 0.605. The first-order chi connectivity index (χ1) is 11.6. The Labute approximate surface area is 154 Å². The summed E-state index contributed by atoms with van der Waals surface area (Å²) in [4.78, 5) is 11.6. The largest absolute Gasteiger partial charge is 0.364 e. The molecule has 0 spiro atoms. The molecule has 1 unspecified atom stereocenters. The fourth-order valence-corrected chi connectivity index (χ4v) is 5.20. The Hall–Kier alpha value is -1.21. The predicted octanol–water partition coefficient (Wildman–Crippen LogP) is 4.79. The van der Waals surface area contributed by atoms with E-state index in [0.29, 0.717) is 11.2 Å². The first kappa shape index (κ1) is 16.3. The number of nitrogens with two attached hydrogens (primary N) is 1. The average Bonchev–Trinajstić information content (AvgIpc) is 3.09. The molecule has 7 heteroatoms. The van der Waals surface area contributed by atoms with Crippen LogP contribution in [0.1, 0.15) is 41.0 Å². The van der Waals surface area contributed by atoms with E-state index in [1.807, 2.05) is 0 Å². The van der Waals surface area contributed by atoms with Gasteiger partial charge in [0.15, 0.2) is 0 Å². The Bertz CT molecular complexity index is 853. The average molecular weight is 379 g/mol. The molecule has 1 fully saturated rings. The lowest BCUT2D eigenvalue weighted by Gasteiger charge is -2.06. The predicted molar refractivity (Wildman–Crippen MR) is 103 cm³/mol. The summed E-state index contributed by atoms with van der Waals surface area (Å²) in [5, 5.41) is 5.83. The molecule has 1 saturated carbocycles. The van der Waals surface area contributed by atoms with Crippen LogP contribution in [0, 0.1) is 0 Å². The van der Waals surface area contributed by atoms with Gasteiger partial charge in [-0.25, -0.2) is 4.98 Å². The topological polar surface area (TPSA) is 63.8 Å². The van der Waals surface area contributed by atoms with Crippen molar-refractivity contribution in [3.05, 3.63) is 38.1 Å². The number of fused-ring (bicyclic) bond motifs is 1. The molecular weight excluding hydrogens is 360 g/mol. The van der Waals surface area contributed by atoms with Crippen molar-refractivity contribution < 1.29 is 0 Å². The molecule has 3 aromatic rings. The van der Waals surface area contributed by atoms with E-state index < -0.39 is 0 Å². The Morgan fingerprint density at radius 3 is 2.92 bits per heavy atom. The zero-order valence-corrected chi connectivity index (χ0v) is 15.8. The first-order valence-electron chi connectivity index (χ1n) is 8.12. The first-order valence-corrected chi connectivity index (χ1v) is 10.2. The van der Waals surface area contributed by atoms with Gasteiger partial charge in [-0.15, -0.1) is 22.7 Å². The minimum absolute atomic E-state index is 0.140. The third-order valence-electron chi connectivity index (χ3n) is 4.12. The van der Waals surface area contributed by atoms with E-state index >= 15 is 0 Å². The monoisotopic (exact) mass is 378 g/mol. The fourth-order valence-electron chi connectivity index (χ4n) is 2.95. The smallest absolute Gasteiger partial charge is 0.224 e. The highest BCUT2D eigenvalue weighted by Crippen LogP contribution is 2.49. The van der Waals surface area contributed by atoms with Gasteiger partial charge in [0.25, 0.3) is 0 Å². The molecule has 24 heavy (non-hydrogen) atoms. The molecule has 1 atom stereocenters. The molecular formula is C17H19ClN4S2. The second-order valence-electron chi connectivity index (χ2n) is 6.35. The number of hydrogen-bond acceptors (Lipinski definition) is 6. The van der Waals surface area contributed by atoms with Gasteiger partial charge < -0.3 is 11.1 Å². The van der Waals surface area contributed by atoms with E-state index in [2.05, 4.69) is 39.7 Å². The van der Waals surface area contributed by atoms with Crippen LogP contribution in [-0.2, 0) is 13.0 Å². The van der Waals surface area contributed by atoms with Crippen LogP contribution in [0.25, 0.3) is 10.2 Å². The van der Waals surface area contributed by atoms with Gasteiger partial charge in [-0.05, 0) is 60.7 Å². The Morgan fingerprint density at radius 1 is 1.42 bits per heavy atom. The second-order valence-corrected chi connectivity index (χ2v) is 8.82. The number of nitrogens with one attached hydrogen (secondary N) is 1. The summed E-state index contributed by atoms with van der Waals surface area (Å²) >= 11 is 9.72. The van der Waals surface area contributed by atoms with Crippen molar-refractivity contribution in [2.45, 2.75) is 44.7 Å². The molecule has 126 valence electrons. The maximum absolute atomic E-state index is 6.22.